The maximum atomic E-state index is 11.5. The molecule has 1 aliphatic rings. The van der Waals surface area contributed by atoms with Crippen molar-refractivity contribution in [3.05, 3.63) is 47.3 Å². The number of benzene rings is 1. The van der Waals surface area contributed by atoms with Gasteiger partial charge in [0, 0.05) is 5.92 Å². The highest BCUT2D eigenvalue weighted by Gasteiger charge is 2.26. The number of aromatic nitrogens is 2. The molecule has 1 saturated carbocycles. The molecule has 1 N–H and O–H groups in total. The smallest absolute Gasteiger partial charge is 0.339 e. The molecular formula is C17H20N2O2. The molecule has 4 nitrogen and oxygen atoms in total. The lowest BCUT2D eigenvalue weighted by molar-refractivity contribution is 0.0694. The number of aromatic carboxylic acids is 1. The fourth-order valence-electron chi connectivity index (χ4n) is 3.18. The van der Waals surface area contributed by atoms with Crippen LogP contribution in [0.3, 0.4) is 0 Å². The van der Waals surface area contributed by atoms with Gasteiger partial charge in [0.25, 0.3) is 0 Å². The highest BCUT2D eigenvalue weighted by Crippen LogP contribution is 2.35. The minimum atomic E-state index is -0.881. The van der Waals surface area contributed by atoms with Gasteiger partial charge in [-0.25, -0.2) is 9.48 Å². The van der Waals surface area contributed by atoms with Crippen molar-refractivity contribution in [2.75, 3.05) is 0 Å². The number of carboxylic acids is 1. The number of hydrogen-bond donors (Lipinski definition) is 1. The van der Waals surface area contributed by atoms with Crippen LogP contribution in [0, 0.1) is 6.92 Å². The van der Waals surface area contributed by atoms with Crippen LogP contribution in [0.5, 0.6) is 0 Å². The van der Waals surface area contributed by atoms with Crippen LogP contribution >= 0.6 is 0 Å². The minimum absolute atomic E-state index is 0.300. The maximum absolute atomic E-state index is 11.5. The van der Waals surface area contributed by atoms with Crippen LogP contribution in [0.2, 0.25) is 0 Å². The SMILES string of the molecule is Cc1ccc(-n2ncc(C(=O)O)c2C2CCCCC2)cc1. The van der Waals surface area contributed by atoms with Crippen molar-refractivity contribution in [2.45, 2.75) is 44.9 Å². The van der Waals surface area contributed by atoms with Crippen LogP contribution in [-0.4, -0.2) is 20.9 Å². The molecular weight excluding hydrogens is 264 g/mol. The Kier molecular flexibility index (Phi) is 3.78. The van der Waals surface area contributed by atoms with E-state index < -0.39 is 5.97 Å². The number of rotatable bonds is 3. The number of nitrogens with zero attached hydrogens (tertiary/aromatic N) is 2. The second-order valence-electron chi connectivity index (χ2n) is 5.83. The normalized spacial score (nSPS) is 16.0. The van der Waals surface area contributed by atoms with E-state index in [1.54, 1.807) is 0 Å². The van der Waals surface area contributed by atoms with Crippen LogP contribution in [0.1, 0.15) is 59.6 Å². The number of hydrogen-bond acceptors (Lipinski definition) is 2. The Bertz CT molecular complexity index is 637. The van der Waals surface area contributed by atoms with E-state index >= 15 is 0 Å². The molecule has 0 radical (unpaired) electrons. The first-order valence-corrected chi connectivity index (χ1v) is 7.55. The predicted molar refractivity (Wildman–Crippen MR) is 81.1 cm³/mol. The van der Waals surface area contributed by atoms with Crippen molar-refractivity contribution in [3.8, 4) is 5.69 Å². The monoisotopic (exact) mass is 284 g/mol. The van der Waals surface area contributed by atoms with E-state index in [0.717, 1.165) is 24.2 Å². The number of aryl methyl sites for hydroxylation is 1. The third-order valence-corrected chi connectivity index (χ3v) is 4.31. The summed E-state index contributed by atoms with van der Waals surface area (Å²) in [5, 5.41) is 13.8. The molecule has 21 heavy (non-hydrogen) atoms. The molecule has 4 heteroatoms. The van der Waals surface area contributed by atoms with Crippen molar-refractivity contribution in [3.63, 3.8) is 0 Å². The molecule has 0 aliphatic heterocycles. The van der Waals surface area contributed by atoms with Crippen molar-refractivity contribution in [1.82, 2.24) is 9.78 Å². The van der Waals surface area contributed by atoms with Crippen LogP contribution in [-0.2, 0) is 0 Å². The molecule has 0 bridgehead atoms. The second kappa shape index (κ2) is 5.72. The Balaban J connectivity index is 2.07. The largest absolute Gasteiger partial charge is 0.478 e. The van der Waals surface area contributed by atoms with Crippen LogP contribution in [0.25, 0.3) is 5.69 Å². The quantitative estimate of drug-likeness (QED) is 0.929. The molecule has 0 spiro atoms. The predicted octanol–water partition coefficient (Wildman–Crippen LogP) is 3.93. The van der Waals surface area contributed by atoms with Gasteiger partial charge in [-0.05, 0) is 31.9 Å². The number of carbonyl (C=O) groups is 1. The summed E-state index contributed by atoms with van der Waals surface area (Å²) in [6, 6.07) is 8.06. The van der Waals surface area contributed by atoms with E-state index in [-0.39, 0.29) is 0 Å². The Labute approximate surface area is 124 Å². The van der Waals surface area contributed by atoms with Crippen molar-refractivity contribution >= 4 is 5.97 Å². The molecule has 1 heterocycles. The van der Waals surface area contributed by atoms with Gasteiger partial charge in [-0.3, -0.25) is 0 Å². The maximum Gasteiger partial charge on any atom is 0.339 e. The molecule has 2 aromatic rings. The lowest BCUT2D eigenvalue weighted by Crippen LogP contribution is -2.14. The molecule has 1 fully saturated rings. The van der Waals surface area contributed by atoms with E-state index in [0.29, 0.717) is 11.5 Å². The average molecular weight is 284 g/mol. The summed E-state index contributed by atoms with van der Waals surface area (Å²) in [6.45, 7) is 2.04. The summed E-state index contributed by atoms with van der Waals surface area (Å²) < 4.78 is 1.82. The molecule has 0 unspecified atom stereocenters. The molecule has 3 rings (SSSR count). The van der Waals surface area contributed by atoms with Crippen molar-refractivity contribution in [2.24, 2.45) is 0 Å². The molecule has 1 aromatic heterocycles. The van der Waals surface area contributed by atoms with Gasteiger partial charge in [-0.1, -0.05) is 37.0 Å². The topological polar surface area (TPSA) is 55.1 Å². The van der Waals surface area contributed by atoms with Crippen LogP contribution in [0.15, 0.2) is 30.5 Å². The van der Waals surface area contributed by atoms with E-state index in [2.05, 4.69) is 5.10 Å². The van der Waals surface area contributed by atoms with Gasteiger partial charge in [-0.2, -0.15) is 5.10 Å². The summed E-state index contributed by atoms with van der Waals surface area (Å²) in [7, 11) is 0. The van der Waals surface area contributed by atoms with Gasteiger partial charge in [0.1, 0.15) is 5.56 Å². The minimum Gasteiger partial charge on any atom is -0.478 e. The first-order chi connectivity index (χ1) is 10.2. The third kappa shape index (κ3) is 2.71. The zero-order valence-corrected chi connectivity index (χ0v) is 12.2. The Morgan fingerprint density at radius 1 is 1.19 bits per heavy atom. The molecule has 1 aromatic carbocycles. The zero-order chi connectivity index (χ0) is 14.8. The fraction of sp³-hybridized carbons (Fsp3) is 0.412. The standard InChI is InChI=1S/C17H20N2O2/c1-12-7-9-14(10-8-12)19-16(13-5-3-2-4-6-13)15(11-18-19)17(20)21/h7-11,13H,2-6H2,1H3,(H,20,21). The highest BCUT2D eigenvalue weighted by molar-refractivity contribution is 5.89. The van der Waals surface area contributed by atoms with Gasteiger partial charge < -0.3 is 5.11 Å². The molecule has 0 atom stereocenters. The highest BCUT2D eigenvalue weighted by atomic mass is 16.4. The molecule has 0 saturated heterocycles. The lowest BCUT2D eigenvalue weighted by atomic mass is 9.85. The summed E-state index contributed by atoms with van der Waals surface area (Å²) >= 11 is 0. The van der Waals surface area contributed by atoms with Gasteiger partial charge in [0.2, 0.25) is 0 Å². The number of carboxylic acid groups (broad SMARTS) is 1. The van der Waals surface area contributed by atoms with E-state index in [1.807, 2.05) is 35.9 Å². The molecule has 110 valence electrons. The van der Waals surface area contributed by atoms with E-state index in [1.165, 1.54) is 31.0 Å². The molecule has 0 amide bonds. The Morgan fingerprint density at radius 2 is 1.86 bits per heavy atom. The average Bonchev–Trinajstić information content (AvgIpc) is 2.94. The first kappa shape index (κ1) is 13.9. The van der Waals surface area contributed by atoms with E-state index in [9.17, 15) is 9.90 Å². The van der Waals surface area contributed by atoms with Gasteiger partial charge in [0.15, 0.2) is 0 Å². The van der Waals surface area contributed by atoms with Crippen molar-refractivity contribution in [1.29, 1.82) is 0 Å². The fourth-order valence-corrected chi connectivity index (χ4v) is 3.18. The van der Waals surface area contributed by atoms with E-state index in [4.69, 9.17) is 0 Å². The lowest BCUT2D eigenvalue weighted by Gasteiger charge is -2.23. The summed E-state index contributed by atoms with van der Waals surface area (Å²) in [5.74, 6) is -0.581. The second-order valence-corrected chi connectivity index (χ2v) is 5.83. The van der Waals surface area contributed by atoms with Gasteiger partial charge in [0.05, 0.1) is 17.6 Å². The third-order valence-electron chi connectivity index (χ3n) is 4.31. The Hall–Kier alpha value is -2.10. The van der Waals surface area contributed by atoms with Crippen LogP contribution < -0.4 is 0 Å². The molecule has 1 aliphatic carbocycles. The first-order valence-electron chi connectivity index (χ1n) is 7.55. The summed E-state index contributed by atoms with van der Waals surface area (Å²) in [6.07, 6.45) is 7.19. The summed E-state index contributed by atoms with van der Waals surface area (Å²) in [5.41, 5.74) is 3.34. The van der Waals surface area contributed by atoms with Crippen LogP contribution in [0.4, 0.5) is 0 Å². The van der Waals surface area contributed by atoms with Gasteiger partial charge >= 0.3 is 5.97 Å². The summed E-state index contributed by atoms with van der Waals surface area (Å²) in [4.78, 5) is 11.5. The van der Waals surface area contributed by atoms with Crippen molar-refractivity contribution < 1.29 is 9.90 Å². The van der Waals surface area contributed by atoms with Gasteiger partial charge in [-0.15, -0.1) is 0 Å². The zero-order valence-electron chi connectivity index (χ0n) is 12.2. The Morgan fingerprint density at radius 3 is 2.48 bits per heavy atom.